The van der Waals surface area contributed by atoms with Crippen molar-refractivity contribution < 1.29 is 19.8 Å². The molecule has 4 N–H and O–H groups in total. The van der Waals surface area contributed by atoms with Crippen molar-refractivity contribution in [3.8, 4) is 0 Å². The minimum absolute atomic E-state index is 0.351. The first-order valence-corrected chi connectivity index (χ1v) is 5.85. The molecule has 1 rings (SSSR count). The molecule has 2 atom stereocenters. The van der Waals surface area contributed by atoms with E-state index >= 15 is 0 Å². The lowest BCUT2D eigenvalue weighted by Crippen LogP contribution is -2.51. The van der Waals surface area contributed by atoms with Gasteiger partial charge in [0.2, 0.25) is 0 Å². The standard InChI is InChI=1S/C12H17N3O4/c1-8(16)10(11(17)18)15-12(19)14-6-4-9-3-2-5-13-7-9/h2-3,5,7-8,10,16H,4,6H2,1H3,(H,17,18)(H2,14,15,19). The van der Waals surface area contributed by atoms with Crippen molar-refractivity contribution in [2.24, 2.45) is 0 Å². The van der Waals surface area contributed by atoms with E-state index in [-0.39, 0.29) is 0 Å². The van der Waals surface area contributed by atoms with Crippen LogP contribution in [0.2, 0.25) is 0 Å². The fourth-order valence-electron chi connectivity index (χ4n) is 1.45. The third kappa shape index (κ3) is 5.35. The van der Waals surface area contributed by atoms with Gasteiger partial charge in [-0.15, -0.1) is 0 Å². The van der Waals surface area contributed by atoms with Crippen LogP contribution in [0, 0.1) is 0 Å². The van der Waals surface area contributed by atoms with E-state index in [0.717, 1.165) is 5.56 Å². The molecule has 7 heteroatoms. The number of carbonyl (C=O) groups excluding carboxylic acids is 1. The second-order valence-corrected chi connectivity index (χ2v) is 4.07. The van der Waals surface area contributed by atoms with Crippen LogP contribution in [0.15, 0.2) is 24.5 Å². The lowest BCUT2D eigenvalue weighted by Gasteiger charge is -2.17. The monoisotopic (exact) mass is 267 g/mol. The number of hydrogen-bond acceptors (Lipinski definition) is 4. The lowest BCUT2D eigenvalue weighted by molar-refractivity contribution is -0.141. The maximum absolute atomic E-state index is 11.4. The van der Waals surface area contributed by atoms with Crippen LogP contribution in [0.1, 0.15) is 12.5 Å². The number of nitrogens with one attached hydrogen (secondary N) is 2. The first-order valence-electron chi connectivity index (χ1n) is 5.85. The second-order valence-electron chi connectivity index (χ2n) is 4.07. The van der Waals surface area contributed by atoms with Gasteiger partial charge in [-0.2, -0.15) is 0 Å². The fourth-order valence-corrected chi connectivity index (χ4v) is 1.45. The first-order chi connectivity index (χ1) is 9.00. The number of pyridine rings is 1. The average Bonchev–Trinajstić information content (AvgIpc) is 2.36. The summed E-state index contributed by atoms with van der Waals surface area (Å²) >= 11 is 0. The minimum atomic E-state index is -1.32. The van der Waals surface area contributed by atoms with Crippen LogP contribution in [-0.2, 0) is 11.2 Å². The van der Waals surface area contributed by atoms with Gasteiger partial charge in [0.05, 0.1) is 6.10 Å². The smallest absolute Gasteiger partial charge is 0.328 e. The minimum Gasteiger partial charge on any atom is -0.480 e. The highest BCUT2D eigenvalue weighted by atomic mass is 16.4. The van der Waals surface area contributed by atoms with E-state index in [2.05, 4.69) is 15.6 Å². The number of hydrogen-bond donors (Lipinski definition) is 4. The zero-order valence-electron chi connectivity index (χ0n) is 10.5. The van der Waals surface area contributed by atoms with E-state index in [1.54, 1.807) is 18.5 Å². The summed E-state index contributed by atoms with van der Waals surface area (Å²) in [7, 11) is 0. The fraction of sp³-hybridized carbons (Fsp3) is 0.417. The molecule has 0 aliphatic heterocycles. The molecule has 0 saturated carbocycles. The number of aromatic nitrogens is 1. The molecule has 1 heterocycles. The maximum atomic E-state index is 11.4. The van der Waals surface area contributed by atoms with E-state index in [1.165, 1.54) is 6.92 Å². The van der Waals surface area contributed by atoms with Crippen molar-refractivity contribution in [1.29, 1.82) is 0 Å². The molecular formula is C12H17N3O4. The largest absolute Gasteiger partial charge is 0.480 e. The van der Waals surface area contributed by atoms with Gasteiger partial charge in [0.25, 0.3) is 0 Å². The van der Waals surface area contributed by atoms with Gasteiger partial charge in [-0.3, -0.25) is 4.98 Å². The maximum Gasteiger partial charge on any atom is 0.328 e. The molecule has 2 unspecified atom stereocenters. The number of nitrogens with zero attached hydrogens (tertiary/aromatic N) is 1. The Balaban J connectivity index is 2.33. The molecule has 2 amide bonds. The third-order valence-corrected chi connectivity index (χ3v) is 2.46. The predicted octanol–water partition coefficient (Wildman–Crippen LogP) is -0.243. The van der Waals surface area contributed by atoms with Crippen LogP contribution >= 0.6 is 0 Å². The van der Waals surface area contributed by atoms with Gasteiger partial charge in [0, 0.05) is 18.9 Å². The van der Waals surface area contributed by atoms with E-state index < -0.39 is 24.1 Å². The molecule has 0 bridgehead atoms. The normalized spacial score (nSPS) is 13.4. The van der Waals surface area contributed by atoms with Crippen molar-refractivity contribution in [2.45, 2.75) is 25.5 Å². The van der Waals surface area contributed by atoms with Gasteiger partial charge >= 0.3 is 12.0 Å². The Morgan fingerprint density at radius 3 is 2.74 bits per heavy atom. The highest BCUT2D eigenvalue weighted by Crippen LogP contribution is 1.96. The van der Waals surface area contributed by atoms with Crippen molar-refractivity contribution >= 4 is 12.0 Å². The van der Waals surface area contributed by atoms with E-state index in [4.69, 9.17) is 5.11 Å². The van der Waals surface area contributed by atoms with Crippen LogP contribution < -0.4 is 10.6 Å². The molecule has 19 heavy (non-hydrogen) atoms. The molecule has 1 aromatic heterocycles. The van der Waals surface area contributed by atoms with Gasteiger partial charge in [-0.05, 0) is 25.0 Å². The quantitative estimate of drug-likeness (QED) is 0.568. The Labute approximate surface area is 110 Å². The summed E-state index contributed by atoms with van der Waals surface area (Å²) < 4.78 is 0. The number of urea groups is 1. The number of aliphatic hydroxyl groups excluding tert-OH is 1. The molecular weight excluding hydrogens is 250 g/mol. The molecule has 0 saturated heterocycles. The van der Waals surface area contributed by atoms with Crippen molar-refractivity contribution in [3.05, 3.63) is 30.1 Å². The number of carboxylic acid groups (broad SMARTS) is 1. The van der Waals surface area contributed by atoms with E-state index in [0.29, 0.717) is 13.0 Å². The number of amides is 2. The molecule has 0 fully saturated rings. The summed E-state index contributed by atoms with van der Waals surface area (Å²) in [5.74, 6) is -1.28. The summed E-state index contributed by atoms with van der Waals surface area (Å²) in [5.41, 5.74) is 0.966. The number of carboxylic acids is 1. The molecule has 0 aliphatic carbocycles. The summed E-state index contributed by atoms with van der Waals surface area (Å²) in [6.45, 7) is 1.65. The highest BCUT2D eigenvalue weighted by molar-refractivity contribution is 5.82. The summed E-state index contributed by atoms with van der Waals surface area (Å²) in [6.07, 6.45) is 2.77. The van der Waals surface area contributed by atoms with Crippen LogP contribution in [0.5, 0.6) is 0 Å². The summed E-state index contributed by atoms with van der Waals surface area (Å²) in [4.78, 5) is 26.1. The Kier molecular flexibility index (Phi) is 5.74. The highest BCUT2D eigenvalue weighted by Gasteiger charge is 2.24. The SMILES string of the molecule is CC(O)C(NC(=O)NCCc1cccnc1)C(=O)O. The van der Waals surface area contributed by atoms with Crippen molar-refractivity contribution in [2.75, 3.05) is 6.54 Å². The topological polar surface area (TPSA) is 112 Å². The van der Waals surface area contributed by atoms with E-state index in [1.807, 2.05) is 6.07 Å². The van der Waals surface area contributed by atoms with Gasteiger partial charge in [-0.1, -0.05) is 6.07 Å². The Bertz CT molecular complexity index is 422. The lowest BCUT2D eigenvalue weighted by atomic mass is 10.2. The van der Waals surface area contributed by atoms with Crippen molar-refractivity contribution in [3.63, 3.8) is 0 Å². The first kappa shape index (κ1) is 14.9. The van der Waals surface area contributed by atoms with Crippen molar-refractivity contribution in [1.82, 2.24) is 15.6 Å². The Morgan fingerprint density at radius 2 is 2.21 bits per heavy atom. The molecule has 1 aromatic rings. The molecule has 0 spiro atoms. The zero-order valence-corrected chi connectivity index (χ0v) is 10.5. The van der Waals surface area contributed by atoms with Crippen LogP contribution in [-0.4, -0.2) is 45.9 Å². The molecule has 0 aromatic carbocycles. The number of aliphatic hydroxyl groups is 1. The molecule has 0 aliphatic rings. The van der Waals surface area contributed by atoms with Crippen LogP contribution in [0.25, 0.3) is 0 Å². The summed E-state index contributed by atoms with van der Waals surface area (Å²) in [5, 5.41) is 22.7. The Morgan fingerprint density at radius 1 is 1.47 bits per heavy atom. The number of aliphatic carboxylic acids is 1. The summed E-state index contributed by atoms with van der Waals surface area (Å²) in [6, 6.07) is 1.72. The van der Waals surface area contributed by atoms with Gasteiger partial charge in [-0.25, -0.2) is 9.59 Å². The van der Waals surface area contributed by atoms with Crippen LogP contribution in [0.3, 0.4) is 0 Å². The van der Waals surface area contributed by atoms with Gasteiger partial charge < -0.3 is 20.8 Å². The van der Waals surface area contributed by atoms with Gasteiger partial charge in [0.1, 0.15) is 0 Å². The predicted molar refractivity (Wildman–Crippen MR) is 67.6 cm³/mol. The van der Waals surface area contributed by atoms with E-state index in [9.17, 15) is 14.7 Å². The third-order valence-electron chi connectivity index (χ3n) is 2.46. The molecule has 7 nitrogen and oxygen atoms in total. The van der Waals surface area contributed by atoms with Gasteiger partial charge in [0.15, 0.2) is 6.04 Å². The second kappa shape index (κ2) is 7.32. The average molecular weight is 267 g/mol. The number of carbonyl (C=O) groups is 2. The number of rotatable bonds is 6. The van der Waals surface area contributed by atoms with Crippen LogP contribution in [0.4, 0.5) is 4.79 Å². The molecule has 0 radical (unpaired) electrons. The Hall–Kier alpha value is -2.15. The zero-order chi connectivity index (χ0) is 14.3. The molecule has 104 valence electrons.